The van der Waals surface area contributed by atoms with Gasteiger partial charge >= 0.3 is 5.69 Å². The van der Waals surface area contributed by atoms with E-state index in [1.165, 1.54) is 0 Å². The standard InChI is InChI=1S/C14H14BrN3O2/c1-7-3-4-13(20-7)8(2)16-10-6-12-11(5-9(10)15)17-14(19)18-12/h3-6,8,16H,1-2H3,(H2,17,18,19). The van der Waals surface area contributed by atoms with E-state index in [-0.39, 0.29) is 11.7 Å². The topological polar surface area (TPSA) is 73.8 Å². The van der Waals surface area contributed by atoms with E-state index in [1.807, 2.05) is 38.1 Å². The van der Waals surface area contributed by atoms with Crippen LogP contribution in [0.1, 0.15) is 24.5 Å². The number of hydrogen-bond donors (Lipinski definition) is 3. The monoisotopic (exact) mass is 335 g/mol. The van der Waals surface area contributed by atoms with Gasteiger partial charge in [-0.1, -0.05) is 0 Å². The molecule has 3 rings (SSSR count). The predicted octanol–water partition coefficient (Wildman–Crippen LogP) is 3.69. The highest BCUT2D eigenvalue weighted by Crippen LogP contribution is 2.30. The second kappa shape index (κ2) is 4.86. The number of halogens is 1. The number of anilines is 1. The van der Waals surface area contributed by atoms with E-state index in [0.29, 0.717) is 0 Å². The highest BCUT2D eigenvalue weighted by atomic mass is 79.9. The molecule has 0 aliphatic heterocycles. The van der Waals surface area contributed by atoms with Crippen LogP contribution in [-0.2, 0) is 0 Å². The van der Waals surface area contributed by atoms with Crippen LogP contribution >= 0.6 is 15.9 Å². The normalized spacial score (nSPS) is 12.8. The van der Waals surface area contributed by atoms with Gasteiger partial charge in [-0.2, -0.15) is 0 Å². The van der Waals surface area contributed by atoms with Gasteiger partial charge in [-0.15, -0.1) is 0 Å². The smallest absolute Gasteiger partial charge is 0.323 e. The molecular formula is C14H14BrN3O2. The summed E-state index contributed by atoms with van der Waals surface area (Å²) in [6.45, 7) is 3.94. The molecule has 3 N–H and O–H groups in total. The summed E-state index contributed by atoms with van der Waals surface area (Å²) in [7, 11) is 0. The molecule has 104 valence electrons. The average Bonchev–Trinajstić information content (AvgIpc) is 2.95. The Morgan fingerprint density at radius 2 is 1.95 bits per heavy atom. The van der Waals surface area contributed by atoms with E-state index >= 15 is 0 Å². The van der Waals surface area contributed by atoms with Gasteiger partial charge in [0.05, 0.1) is 22.8 Å². The molecule has 0 spiro atoms. The van der Waals surface area contributed by atoms with E-state index < -0.39 is 0 Å². The average molecular weight is 336 g/mol. The molecule has 0 amide bonds. The van der Waals surface area contributed by atoms with E-state index in [9.17, 15) is 4.79 Å². The highest BCUT2D eigenvalue weighted by Gasteiger charge is 2.12. The van der Waals surface area contributed by atoms with Crippen molar-refractivity contribution in [2.24, 2.45) is 0 Å². The predicted molar refractivity (Wildman–Crippen MR) is 82.1 cm³/mol. The van der Waals surface area contributed by atoms with E-state index in [4.69, 9.17) is 4.42 Å². The Bertz CT molecular complexity index is 815. The van der Waals surface area contributed by atoms with Gasteiger partial charge in [0.1, 0.15) is 11.5 Å². The first-order valence-corrected chi connectivity index (χ1v) is 7.06. The number of nitrogens with one attached hydrogen (secondary N) is 3. The first kappa shape index (κ1) is 13.1. The number of hydrogen-bond acceptors (Lipinski definition) is 3. The first-order chi connectivity index (χ1) is 9.52. The van der Waals surface area contributed by atoms with Crippen molar-refractivity contribution in [3.63, 3.8) is 0 Å². The van der Waals surface area contributed by atoms with Crippen LogP contribution in [-0.4, -0.2) is 9.97 Å². The molecule has 2 heterocycles. The lowest BCUT2D eigenvalue weighted by molar-refractivity contribution is 0.467. The van der Waals surface area contributed by atoms with E-state index in [0.717, 1.165) is 32.7 Å². The molecule has 2 aromatic heterocycles. The minimum atomic E-state index is -0.209. The lowest BCUT2D eigenvalue weighted by atomic mass is 10.2. The highest BCUT2D eigenvalue weighted by molar-refractivity contribution is 9.10. The van der Waals surface area contributed by atoms with Crippen molar-refractivity contribution in [1.82, 2.24) is 9.97 Å². The Morgan fingerprint density at radius 1 is 1.25 bits per heavy atom. The second-order valence-electron chi connectivity index (χ2n) is 4.77. The fourth-order valence-electron chi connectivity index (χ4n) is 2.16. The summed E-state index contributed by atoms with van der Waals surface area (Å²) >= 11 is 3.50. The first-order valence-electron chi connectivity index (χ1n) is 6.27. The maximum Gasteiger partial charge on any atom is 0.323 e. The lowest BCUT2D eigenvalue weighted by Gasteiger charge is -2.14. The molecule has 0 saturated heterocycles. The van der Waals surface area contributed by atoms with Crippen LogP contribution in [0, 0.1) is 6.92 Å². The Hall–Kier alpha value is -1.95. The quantitative estimate of drug-likeness (QED) is 0.683. The third kappa shape index (κ3) is 2.38. The molecule has 0 aliphatic carbocycles. The van der Waals surface area contributed by atoms with Crippen LogP contribution in [0.4, 0.5) is 5.69 Å². The summed E-state index contributed by atoms with van der Waals surface area (Å²) in [5.74, 6) is 1.76. The van der Waals surface area contributed by atoms with Crippen molar-refractivity contribution in [2.75, 3.05) is 5.32 Å². The Morgan fingerprint density at radius 3 is 2.60 bits per heavy atom. The number of aromatic amines is 2. The summed E-state index contributed by atoms with van der Waals surface area (Å²) in [4.78, 5) is 16.8. The number of rotatable bonds is 3. The number of aromatic nitrogens is 2. The molecule has 5 nitrogen and oxygen atoms in total. The number of benzene rings is 1. The minimum absolute atomic E-state index is 0.0307. The lowest BCUT2D eigenvalue weighted by Crippen LogP contribution is -2.06. The molecule has 0 radical (unpaired) electrons. The van der Waals surface area contributed by atoms with Crippen LogP contribution < -0.4 is 11.0 Å². The van der Waals surface area contributed by atoms with Crippen molar-refractivity contribution in [1.29, 1.82) is 0 Å². The zero-order valence-electron chi connectivity index (χ0n) is 11.1. The molecule has 0 bridgehead atoms. The number of imidazole rings is 1. The van der Waals surface area contributed by atoms with Gasteiger partial charge < -0.3 is 19.7 Å². The molecule has 6 heteroatoms. The van der Waals surface area contributed by atoms with Gasteiger partial charge in [0.25, 0.3) is 0 Å². The van der Waals surface area contributed by atoms with E-state index in [1.54, 1.807) is 0 Å². The van der Waals surface area contributed by atoms with E-state index in [2.05, 4.69) is 31.2 Å². The number of furan rings is 1. The van der Waals surface area contributed by atoms with Crippen molar-refractivity contribution in [3.8, 4) is 0 Å². The SMILES string of the molecule is Cc1ccc(C(C)Nc2cc3[nH]c(=O)[nH]c3cc2Br)o1. The summed E-state index contributed by atoms with van der Waals surface area (Å²) in [6.07, 6.45) is 0. The zero-order valence-corrected chi connectivity index (χ0v) is 12.7. The molecule has 1 atom stereocenters. The number of fused-ring (bicyclic) bond motifs is 1. The third-order valence-electron chi connectivity index (χ3n) is 3.16. The Kier molecular flexibility index (Phi) is 3.17. The number of H-pyrrole nitrogens is 2. The Labute approximate surface area is 123 Å². The van der Waals surface area contributed by atoms with Gasteiger partial charge in [-0.05, 0) is 54.0 Å². The Balaban J connectivity index is 1.93. The van der Waals surface area contributed by atoms with Gasteiger partial charge in [0.2, 0.25) is 0 Å². The largest absolute Gasteiger partial charge is 0.464 e. The molecule has 1 aromatic carbocycles. The fraction of sp³-hybridized carbons (Fsp3) is 0.214. The van der Waals surface area contributed by atoms with Crippen LogP contribution in [0.25, 0.3) is 11.0 Å². The molecule has 1 unspecified atom stereocenters. The minimum Gasteiger partial charge on any atom is -0.464 e. The molecule has 0 fully saturated rings. The van der Waals surface area contributed by atoms with Crippen LogP contribution in [0.3, 0.4) is 0 Å². The van der Waals surface area contributed by atoms with Gasteiger partial charge in [0, 0.05) is 4.47 Å². The molecule has 3 aromatic rings. The van der Waals surface area contributed by atoms with Crippen molar-refractivity contribution in [3.05, 3.63) is 50.7 Å². The van der Waals surface area contributed by atoms with Crippen LogP contribution in [0.5, 0.6) is 0 Å². The summed E-state index contributed by atoms with van der Waals surface area (Å²) < 4.78 is 6.49. The maximum atomic E-state index is 11.3. The van der Waals surface area contributed by atoms with Gasteiger partial charge in [-0.3, -0.25) is 0 Å². The zero-order chi connectivity index (χ0) is 14.3. The second-order valence-corrected chi connectivity index (χ2v) is 5.63. The van der Waals surface area contributed by atoms with Crippen molar-refractivity contribution >= 4 is 32.7 Å². The summed E-state index contributed by atoms with van der Waals surface area (Å²) in [5, 5.41) is 3.36. The molecule has 0 saturated carbocycles. The van der Waals surface area contributed by atoms with Crippen LogP contribution in [0.15, 0.2) is 37.9 Å². The molecule has 0 aliphatic rings. The molecular weight excluding hydrogens is 322 g/mol. The number of aryl methyl sites for hydroxylation is 1. The molecule has 20 heavy (non-hydrogen) atoms. The summed E-state index contributed by atoms with van der Waals surface area (Å²) in [5.41, 5.74) is 2.23. The van der Waals surface area contributed by atoms with Gasteiger partial charge in [0.15, 0.2) is 0 Å². The van der Waals surface area contributed by atoms with Gasteiger partial charge in [-0.25, -0.2) is 4.79 Å². The summed E-state index contributed by atoms with van der Waals surface area (Å²) in [6, 6.07) is 7.69. The van der Waals surface area contributed by atoms with Crippen LogP contribution in [0.2, 0.25) is 0 Å². The fourth-order valence-corrected chi connectivity index (χ4v) is 2.61. The van der Waals surface area contributed by atoms with Crippen molar-refractivity contribution < 1.29 is 4.42 Å². The van der Waals surface area contributed by atoms with Crippen molar-refractivity contribution in [2.45, 2.75) is 19.9 Å². The maximum absolute atomic E-state index is 11.3. The third-order valence-corrected chi connectivity index (χ3v) is 3.82.